The molecular formula is C12H19NO3. The van der Waals surface area contributed by atoms with Crippen LogP contribution < -0.4 is 0 Å². The number of carbonyl (C=O) groups is 2. The molecule has 1 unspecified atom stereocenters. The minimum Gasteiger partial charge on any atom is -0.444 e. The van der Waals surface area contributed by atoms with Crippen LogP contribution in [0.4, 0.5) is 4.79 Å². The summed E-state index contributed by atoms with van der Waals surface area (Å²) in [5.41, 5.74) is -0.397. The van der Waals surface area contributed by atoms with Gasteiger partial charge in [-0.2, -0.15) is 0 Å². The van der Waals surface area contributed by atoms with E-state index in [0.717, 1.165) is 19.1 Å². The van der Waals surface area contributed by atoms with E-state index in [2.05, 4.69) is 0 Å². The lowest BCUT2D eigenvalue weighted by Crippen LogP contribution is -2.69. The molecule has 0 bridgehead atoms. The number of nitrogens with zero attached hydrogens (tertiary/aromatic N) is 1. The summed E-state index contributed by atoms with van der Waals surface area (Å²) in [7, 11) is 0. The number of hydrogen-bond acceptors (Lipinski definition) is 3. The summed E-state index contributed by atoms with van der Waals surface area (Å²) in [5, 5.41) is 0. The molecule has 0 N–H and O–H groups in total. The van der Waals surface area contributed by atoms with E-state index in [1.54, 1.807) is 4.90 Å². The Morgan fingerprint density at radius 2 is 2.06 bits per heavy atom. The van der Waals surface area contributed by atoms with Crippen LogP contribution in [0.15, 0.2) is 0 Å². The van der Waals surface area contributed by atoms with Gasteiger partial charge in [-0.3, -0.25) is 4.90 Å². The molecule has 16 heavy (non-hydrogen) atoms. The smallest absolute Gasteiger partial charge is 0.410 e. The molecule has 0 aromatic rings. The Labute approximate surface area is 95.9 Å². The Balaban J connectivity index is 1.97. The van der Waals surface area contributed by atoms with Crippen LogP contribution in [-0.2, 0) is 9.53 Å². The van der Waals surface area contributed by atoms with Crippen LogP contribution in [0, 0.1) is 5.41 Å². The van der Waals surface area contributed by atoms with Crippen LogP contribution in [-0.4, -0.2) is 35.5 Å². The van der Waals surface area contributed by atoms with Gasteiger partial charge in [0.15, 0.2) is 0 Å². The summed E-state index contributed by atoms with van der Waals surface area (Å²) < 4.78 is 5.26. The van der Waals surface area contributed by atoms with Gasteiger partial charge in [0.2, 0.25) is 0 Å². The summed E-state index contributed by atoms with van der Waals surface area (Å²) in [6.07, 6.45) is 3.84. The van der Waals surface area contributed by atoms with Gasteiger partial charge in [0.05, 0.1) is 6.04 Å². The molecule has 1 amide bonds. The van der Waals surface area contributed by atoms with Gasteiger partial charge in [-0.25, -0.2) is 4.79 Å². The van der Waals surface area contributed by atoms with Crippen molar-refractivity contribution in [2.24, 2.45) is 5.41 Å². The van der Waals surface area contributed by atoms with Gasteiger partial charge >= 0.3 is 6.09 Å². The second-order valence-corrected chi connectivity index (χ2v) is 5.91. The molecule has 1 aliphatic carbocycles. The van der Waals surface area contributed by atoms with E-state index in [4.69, 9.17) is 4.74 Å². The monoisotopic (exact) mass is 225 g/mol. The molecule has 2 rings (SSSR count). The van der Waals surface area contributed by atoms with Crippen molar-refractivity contribution in [3.63, 3.8) is 0 Å². The number of likely N-dealkylation sites (tertiary alicyclic amines) is 1. The maximum atomic E-state index is 11.8. The summed E-state index contributed by atoms with van der Waals surface area (Å²) in [4.78, 5) is 24.4. The van der Waals surface area contributed by atoms with Crippen LogP contribution in [0.2, 0.25) is 0 Å². The molecule has 1 spiro atoms. The van der Waals surface area contributed by atoms with Crippen LogP contribution in [0.25, 0.3) is 0 Å². The number of aldehydes is 1. The number of carbonyl (C=O) groups excluding carboxylic acids is 2. The van der Waals surface area contributed by atoms with E-state index >= 15 is 0 Å². The van der Waals surface area contributed by atoms with Crippen molar-refractivity contribution in [2.75, 3.05) is 6.54 Å². The first-order chi connectivity index (χ1) is 7.38. The Hall–Kier alpha value is -1.06. The lowest BCUT2D eigenvalue weighted by molar-refractivity contribution is -0.144. The second-order valence-electron chi connectivity index (χ2n) is 5.91. The molecular weight excluding hydrogens is 206 g/mol. The maximum Gasteiger partial charge on any atom is 0.410 e. The van der Waals surface area contributed by atoms with Crippen LogP contribution in [0.3, 0.4) is 0 Å². The van der Waals surface area contributed by atoms with Crippen molar-refractivity contribution < 1.29 is 14.3 Å². The molecule has 1 saturated heterocycles. The third-order valence-corrected chi connectivity index (χ3v) is 3.55. The minimum absolute atomic E-state index is 0.0959. The maximum absolute atomic E-state index is 11.8. The van der Waals surface area contributed by atoms with Crippen LogP contribution in [0.1, 0.15) is 40.0 Å². The highest BCUT2D eigenvalue weighted by molar-refractivity contribution is 5.77. The zero-order chi connectivity index (χ0) is 12.0. The third kappa shape index (κ3) is 1.70. The van der Waals surface area contributed by atoms with Gasteiger partial charge in [0.25, 0.3) is 0 Å². The van der Waals surface area contributed by atoms with Crippen molar-refractivity contribution >= 4 is 12.4 Å². The van der Waals surface area contributed by atoms with Crippen molar-refractivity contribution in [1.82, 2.24) is 4.90 Å². The first-order valence-corrected chi connectivity index (χ1v) is 5.83. The Kier molecular flexibility index (Phi) is 2.48. The van der Waals surface area contributed by atoms with Gasteiger partial charge < -0.3 is 9.53 Å². The average Bonchev–Trinajstić information content (AvgIpc) is 1.96. The van der Waals surface area contributed by atoms with Crippen molar-refractivity contribution in [2.45, 2.75) is 51.7 Å². The largest absolute Gasteiger partial charge is 0.444 e. The molecule has 0 aromatic carbocycles. The summed E-state index contributed by atoms with van der Waals surface area (Å²) in [6.45, 7) is 6.18. The second kappa shape index (κ2) is 3.47. The predicted molar refractivity (Wildman–Crippen MR) is 59.1 cm³/mol. The van der Waals surface area contributed by atoms with Gasteiger partial charge in [-0.15, -0.1) is 0 Å². The zero-order valence-corrected chi connectivity index (χ0v) is 10.2. The van der Waals surface area contributed by atoms with E-state index in [1.165, 1.54) is 6.42 Å². The fourth-order valence-corrected chi connectivity index (χ4v) is 2.55. The molecule has 2 fully saturated rings. The topological polar surface area (TPSA) is 46.6 Å². The Morgan fingerprint density at radius 1 is 1.44 bits per heavy atom. The Morgan fingerprint density at radius 3 is 2.44 bits per heavy atom. The van der Waals surface area contributed by atoms with Crippen LogP contribution >= 0.6 is 0 Å². The average molecular weight is 225 g/mol. The van der Waals surface area contributed by atoms with Crippen LogP contribution in [0.5, 0.6) is 0 Å². The normalized spacial score (nSPS) is 26.9. The van der Waals surface area contributed by atoms with Gasteiger partial charge in [-0.1, -0.05) is 6.42 Å². The molecule has 90 valence electrons. The first-order valence-electron chi connectivity index (χ1n) is 5.83. The van der Waals surface area contributed by atoms with Gasteiger partial charge in [0, 0.05) is 12.0 Å². The van der Waals surface area contributed by atoms with Gasteiger partial charge in [-0.05, 0) is 33.6 Å². The van der Waals surface area contributed by atoms with E-state index < -0.39 is 5.60 Å². The first kappa shape index (κ1) is 11.4. The molecule has 0 aromatic heterocycles. The number of amides is 1. The molecule has 1 saturated carbocycles. The van der Waals surface area contributed by atoms with E-state index in [9.17, 15) is 9.59 Å². The highest BCUT2D eigenvalue weighted by Gasteiger charge is 2.58. The van der Waals surface area contributed by atoms with E-state index in [-0.39, 0.29) is 17.6 Å². The highest BCUT2D eigenvalue weighted by Crippen LogP contribution is 2.52. The standard InChI is InChI=1S/C12H19NO3/c1-11(2,3)16-10(15)13-8-12(5-4-6-12)9(13)7-14/h7,9H,4-6,8H2,1-3H3. The van der Waals surface area contributed by atoms with E-state index in [1.807, 2.05) is 20.8 Å². The molecule has 0 radical (unpaired) electrons. The molecule has 4 heteroatoms. The fraction of sp³-hybridized carbons (Fsp3) is 0.833. The fourth-order valence-electron chi connectivity index (χ4n) is 2.55. The molecule has 1 aliphatic heterocycles. The third-order valence-electron chi connectivity index (χ3n) is 3.55. The molecule has 1 heterocycles. The quantitative estimate of drug-likeness (QED) is 0.641. The molecule has 4 nitrogen and oxygen atoms in total. The lowest BCUT2D eigenvalue weighted by atomic mass is 9.58. The zero-order valence-electron chi connectivity index (χ0n) is 10.2. The Bertz CT molecular complexity index is 315. The van der Waals surface area contributed by atoms with Crippen molar-refractivity contribution in [3.05, 3.63) is 0 Å². The minimum atomic E-state index is -0.493. The van der Waals surface area contributed by atoms with E-state index in [0.29, 0.717) is 6.54 Å². The molecule has 2 aliphatic rings. The predicted octanol–water partition coefficient (Wildman–Crippen LogP) is 1.97. The number of hydrogen-bond donors (Lipinski definition) is 0. The lowest BCUT2D eigenvalue weighted by Gasteiger charge is -2.59. The number of rotatable bonds is 1. The molecule has 1 atom stereocenters. The summed E-state index contributed by atoms with van der Waals surface area (Å²) in [6, 6.07) is -0.254. The summed E-state index contributed by atoms with van der Waals surface area (Å²) in [5.74, 6) is 0. The number of ether oxygens (including phenoxy) is 1. The summed E-state index contributed by atoms with van der Waals surface area (Å²) >= 11 is 0. The van der Waals surface area contributed by atoms with Crippen molar-refractivity contribution in [1.29, 1.82) is 0 Å². The van der Waals surface area contributed by atoms with Gasteiger partial charge in [0.1, 0.15) is 11.9 Å². The SMILES string of the molecule is CC(C)(C)OC(=O)N1CC2(CCC2)C1C=O. The van der Waals surface area contributed by atoms with Crippen molar-refractivity contribution in [3.8, 4) is 0 Å². The highest BCUT2D eigenvalue weighted by atomic mass is 16.6.